The zero-order valence-electron chi connectivity index (χ0n) is 17.1. The number of carbonyl (C=O) groups is 1. The summed E-state index contributed by atoms with van der Waals surface area (Å²) in [5, 5.41) is 9.97. The molecule has 0 radical (unpaired) electrons. The predicted molar refractivity (Wildman–Crippen MR) is 120 cm³/mol. The second kappa shape index (κ2) is 8.08. The van der Waals surface area contributed by atoms with Gasteiger partial charge in [-0.2, -0.15) is 5.10 Å². The van der Waals surface area contributed by atoms with Crippen LogP contribution in [-0.2, 0) is 16.6 Å². The van der Waals surface area contributed by atoms with Crippen LogP contribution in [0.4, 0.5) is 10.8 Å². The van der Waals surface area contributed by atoms with Crippen molar-refractivity contribution in [2.75, 3.05) is 10.0 Å². The van der Waals surface area contributed by atoms with Crippen LogP contribution in [0.25, 0.3) is 11.0 Å². The lowest BCUT2D eigenvalue weighted by Crippen LogP contribution is -2.15. The molecule has 0 bridgehead atoms. The highest BCUT2D eigenvalue weighted by atomic mass is 32.2. The van der Waals surface area contributed by atoms with Crippen LogP contribution in [-0.4, -0.2) is 34.1 Å². The average molecular weight is 457 g/mol. The highest BCUT2D eigenvalue weighted by molar-refractivity contribution is 7.93. The van der Waals surface area contributed by atoms with Crippen molar-refractivity contribution in [1.29, 1.82) is 0 Å². The van der Waals surface area contributed by atoms with Gasteiger partial charge in [0.05, 0.1) is 21.5 Å². The summed E-state index contributed by atoms with van der Waals surface area (Å²) < 4.78 is 29.1. The first-order valence-electron chi connectivity index (χ1n) is 9.47. The molecule has 9 nitrogen and oxygen atoms in total. The Balaban J connectivity index is 1.59. The fourth-order valence-electron chi connectivity index (χ4n) is 3.24. The third-order valence-electron chi connectivity index (χ3n) is 4.63. The second-order valence-electron chi connectivity index (χ2n) is 6.83. The normalized spacial score (nSPS) is 11.6. The minimum atomic E-state index is -3.75. The van der Waals surface area contributed by atoms with Gasteiger partial charge in [0.25, 0.3) is 15.9 Å². The summed E-state index contributed by atoms with van der Waals surface area (Å²) in [6.07, 6.45) is 1.52. The summed E-state index contributed by atoms with van der Waals surface area (Å²) in [7, 11) is -3.75. The molecular weight excluding hydrogens is 436 g/mol. The fraction of sp³-hybridized carbons (Fsp3) is 0.200. The van der Waals surface area contributed by atoms with Gasteiger partial charge in [-0.15, -0.1) is 11.3 Å². The Morgan fingerprint density at radius 2 is 1.94 bits per heavy atom. The molecule has 4 aromatic rings. The van der Waals surface area contributed by atoms with Gasteiger partial charge in [0.15, 0.2) is 10.8 Å². The number of sulfonamides is 1. The lowest BCUT2D eigenvalue weighted by molar-refractivity contribution is 0.102. The van der Waals surface area contributed by atoms with Gasteiger partial charge in [-0.1, -0.05) is 0 Å². The third kappa shape index (κ3) is 4.14. The maximum Gasteiger partial charge on any atom is 0.263 e. The maximum atomic E-state index is 13.0. The summed E-state index contributed by atoms with van der Waals surface area (Å²) >= 11 is 1.19. The Morgan fingerprint density at radius 3 is 2.58 bits per heavy atom. The number of nitrogens with one attached hydrogen (secondary N) is 2. The van der Waals surface area contributed by atoms with Crippen LogP contribution in [0.3, 0.4) is 0 Å². The third-order valence-corrected chi connectivity index (χ3v) is 6.80. The molecule has 3 heterocycles. The van der Waals surface area contributed by atoms with E-state index in [2.05, 4.69) is 25.1 Å². The van der Waals surface area contributed by atoms with E-state index in [4.69, 9.17) is 0 Å². The molecule has 0 fully saturated rings. The number of nitrogens with zero attached hydrogens (tertiary/aromatic N) is 4. The molecule has 0 saturated carbocycles. The van der Waals surface area contributed by atoms with E-state index in [9.17, 15) is 13.2 Å². The number of benzene rings is 1. The van der Waals surface area contributed by atoms with Gasteiger partial charge in [0.1, 0.15) is 0 Å². The van der Waals surface area contributed by atoms with Crippen LogP contribution in [0.2, 0.25) is 0 Å². The molecule has 0 aliphatic carbocycles. The first kappa shape index (κ1) is 20.9. The lowest BCUT2D eigenvalue weighted by Gasteiger charge is -2.09. The van der Waals surface area contributed by atoms with Crippen molar-refractivity contribution in [2.24, 2.45) is 0 Å². The Bertz CT molecular complexity index is 1360. The molecule has 0 saturated heterocycles. The van der Waals surface area contributed by atoms with Gasteiger partial charge in [-0.05, 0) is 51.1 Å². The molecule has 1 aromatic carbocycles. The van der Waals surface area contributed by atoms with Crippen molar-refractivity contribution >= 4 is 49.1 Å². The average Bonchev–Trinajstić information content (AvgIpc) is 3.34. The van der Waals surface area contributed by atoms with Gasteiger partial charge < -0.3 is 5.32 Å². The van der Waals surface area contributed by atoms with Crippen LogP contribution in [0, 0.1) is 13.8 Å². The van der Waals surface area contributed by atoms with Gasteiger partial charge in [0, 0.05) is 29.5 Å². The number of anilines is 2. The lowest BCUT2D eigenvalue weighted by atomic mass is 10.1. The first-order valence-corrected chi connectivity index (χ1v) is 11.8. The zero-order chi connectivity index (χ0) is 22.2. The van der Waals surface area contributed by atoms with Crippen molar-refractivity contribution in [2.45, 2.75) is 32.2 Å². The van der Waals surface area contributed by atoms with E-state index in [1.807, 2.05) is 20.8 Å². The quantitative estimate of drug-likeness (QED) is 0.458. The SMILES string of the molecule is CCn1nc(C)c2c(C(=O)Nc3ccc(S(=O)(=O)Nc4nccs4)cc3)cc(C)nc21. The standard InChI is InChI=1S/C20H20N6O3S2/c1-4-26-18-17(13(3)24-26)16(11-12(2)22-18)19(27)23-14-5-7-15(8-6-14)31(28,29)25-20-21-9-10-30-20/h5-11H,4H2,1-3H3,(H,21,25)(H,23,27). The summed E-state index contributed by atoms with van der Waals surface area (Å²) in [5.41, 5.74) is 3.05. The van der Waals surface area contributed by atoms with E-state index >= 15 is 0 Å². The minimum Gasteiger partial charge on any atom is -0.322 e. The Labute approximate surface area is 183 Å². The molecule has 4 rings (SSSR count). The molecule has 1 amide bonds. The number of hydrogen-bond donors (Lipinski definition) is 2. The molecule has 160 valence electrons. The fourth-order valence-corrected chi connectivity index (χ4v) is 5.03. The van der Waals surface area contributed by atoms with Crippen molar-refractivity contribution in [1.82, 2.24) is 19.7 Å². The van der Waals surface area contributed by atoms with E-state index in [0.29, 0.717) is 34.5 Å². The summed E-state index contributed by atoms with van der Waals surface area (Å²) in [4.78, 5) is 21.5. The smallest absolute Gasteiger partial charge is 0.263 e. The van der Waals surface area contributed by atoms with Crippen LogP contribution >= 0.6 is 11.3 Å². The number of aryl methyl sites for hydroxylation is 3. The van der Waals surface area contributed by atoms with Crippen molar-refractivity contribution in [3.8, 4) is 0 Å². The van der Waals surface area contributed by atoms with E-state index < -0.39 is 10.0 Å². The number of fused-ring (bicyclic) bond motifs is 1. The highest BCUT2D eigenvalue weighted by Crippen LogP contribution is 2.24. The summed E-state index contributed by atoms with van der Waals surface area (Å²) in [6.45, 7) is 6.28. The van der Waals surface area contributed by atoms with Gasteiger partial charge >= 0.3 is 0 Å². The van der Waals surface area contributed by atoms with Crippen LogP contribution in [0.5, 0.6) is 0 Å². The van der Waals surface area contributed by atoms with Crippen LogP contribution < -0.4 is 10.0 Å². The summed E-state index contributed by atoms with van der Waals surface area (Å²) in [5.74, 6) is -0.314. The van der Waals surface area contributed by atoms with Crippen molar-refractivity contribution in [3.05, 3.63) is 58.9 Å². The minimum absolute atomic E-state index is 0.0721. The summed E-state index contributed by atoms with van der Waals surface area (Å²) in [6, 6.07) is 7.67. The van der Waals surface area contributed by atoms with Gasteiger partial charge in [-0.25, -0.2) is 23.1 Å². The molecule has 0 spiro atoms. The molecular formula is C20H20N6O3S2. The largest absolute Gasteiger partial charge is 0.322 e. The van der Waals surface area contributed by atoms with Crippen LogP contribution in [0.15, 0.2) is 46.8 Å². The topological polar surface area (TPSA) is 119 Å². The van der Waals surface area contributed by atoms with E-state index in [-0.39, 0.29) is 15.9 Å². The second-order valence-corrected chi connectivity index (χ2v) is 9.41. The molecule has 0 unspecified atom stereocenters. The molecule has 2 N–H and O–H groups in total. The van der Waals surface area contributed by atoms with Gasteiger partial charge in [-0.3, -0.25) is 9.52 Å². The van der Waals surface area contributed by atoms with Crippen molar-refractivity contribution < 1.29 is 13.2 Å². The molecule has 31 heavy (non-hydrogen) atoms. The number of rotatable bonds is 6. The first-order chi connectivity index (χ1) is 14.8. The van der Waals surface area contributed by atoms with E-state index in [1.165, 1.54) is 29.7 Å². The molecule has 0 aliphatic heterocycles. The number of amides is 1. The monoisotopic (exact) mass is 456 g/mol. The van der Waals surface area contributed by atoms with E-state index in [0.717, 1.165) is 5.69 Å². The zero-order valence-corrected chi connectivity index (χ0v) is 18.7. The van der Waals surface area contributed by atoms with Crippen LogP contribution in [0.1, 0.15) is 28.7 Å². The maximum absolute atomic E-state index is 13.0. The number of aromatic nitrogens is 4. The Hall–Kier alpha value is -3.31. The number of carbonyl (C=O) groups excluding carboxylic acids is 1. The van der Waals surface area contributed by atoms with E-state index in [1.54, 1.807) is 28.3 Å². The number of thiazole rings is 1. The Morgan fingerprint density at radius 1 is 1.19 bits per heavy atom. The molecule has 11 heteroatoms. The molecule has 0 aliphatic rings. The molecule has 0 atom stereocenters. The molecule has 3 aromatic heterocycles. The highest BCUT2D eigenvalue weighted by Gasteiger charge is 2.19. The van der Waals surface area contributed by atoms with Crippen molar-refractivity contribution in [3.63, 3.8) is 0 Å². The van der Waals surface area contributed by atoms with Gasteiger partial charge in [0.2, 0.25) is 0 Å². The predicted octanol–water partition coefficient (Wildman–Crippen LogP) is 3.58. The Kier molecular flexibility index (Phi) is 5.46. The number of pyridine rings is 1. The number of hydrogen-bond acceptors (Lipinski definition) is 7.